The van der Waals surface area contributed by atoms with Gasteiger partial charge in [0.15, 0.2) is 0 Å². The van der Waals surface area contributed by atoms with Crippen LogP contribution in [0.5, 0.6) is 5.75 Å². The number of hydrogen-bond acceptors (Lipinski definition) is 5. The van der Waals surface area contributed by atoms with Crippen molar-refractivity contribution >= 4 is 11.6 Å². The van der Waals surface area contributed by atoms with Crippen molar-refractivity contribution < 1.29 is 19.6 Å². The van der Waals surface area contributed by atoms with Crippen LogP contribution in [0, 0.1) is 10.1 Å². The lowest BCUT2D eigenvalue weighted by Crippen LogP contribution is -2.40. The Morgan fingerprint density at radius 2 is 2.19 bits per heavy atom. The number of amides is 1. The number of benzene rings is 1. The SMILES string of the molecule is CCCC(C)(O)CNC(=O)c1cccc([N+](=O)[O-])c1OC. The Hall–Kier alpha value is -2.15. The lowest BCUT2D eigenvalue weighted by molar-refractivity contribution is -0.385. The molecular formula is C14H20N2O5. The Morgan fingerprint density at radius 3 is 2.71 bits per heavy atom. The molecule has 2 N–H and O–H groups in total. The summed E-state index contributed by atoms with van der Waals surface area (Å²) in [5.74, 6) is -0.609. The van der Waals surface area contributed by atoms with E-state index >= 15 is 0 Å². The van der Waals surface area contributed by atoms with Crippen LogP contribution in [0.25, 0.3) is 0 Å². The fraction of sp³-hybridized carbons (Fsp3) is 0.500. The molecule has 1 aromatic rings. The van der Waals surface area contributed by atoms with Gasteiger partial charge in [0.25, 0.3) is 5.91 Å². The van der Waals surface area contributed by atoms with Gasteiger partial charge in [-0.05, 0) is 19.4 Å². The first-order valence-electron chi connectivity index (χ1n) is 6.64. The second kappa shape index (κ2) is 7.03. The number of nitro groups is 1. The molecule has 0 fully saturated rings. The Labute approximate surface area is 123 Å². The van der Waals surface area contributed by atoms with E-state index in [2.05, 4.69) is 5.32 Å². The first-order valence-corrected chi connectivity index (χ1v) is 6.64. The molecule has 1 atom stereocenters. The molecule has 0 spiro atoms. The van der Waals surface area contributed by atoms with Crippen LogP contribution < -0.4 is 10.1 Å². The van der Waals surface area contributed by atoms with E-state index in [1.54, 1.807) is 6.92 Å². The van der Waals surface area contributed by atoms with Gasteiger partial charge in [0, 0.05) is 12.6 Å². The maximum absolute atomic E-state index is 12.1. The summed E-state index contributed by atoms with van der Waals surface area (Å²) in [7, 11) is 1.27. The first kappa shape index (κ1) is 16.9. The zero-order chi connectivity index (χ0) is 16.0. The third-order valence-electron chi connectivity index (χ3n) is 3.06. The second-order valence-electron chi connectivity index (χ2n) is 5.04. The molecule has 0 aliphatic heterocycles. The molecule has 0 radical (unpaired) electrons. The predicted molar refractivity (Wildman–Crippen MR) is 77.5 cm³/mol. The molecule has 0 aliphatic rings. The van der Waals surface area contributed by atoms with E-state index in [4.69, 9.17) is 4.74 Å². The molecule has 1 amide bonds. The van der Waals surface area contributed by atoms with Crippen molar-refractivity contribution in [1.82, 2.24) is 5.32 Å². The van der Waals surface area contributed by atoms with Gasteiger partial charge in [-0.3, -0.25) is 14.9 Å². The largest absolute Gasteiger partial charge is 0.490 e. The zero-order valence-corrected chi connectivity index (χ0v) is 12.4. The molecule has 0 aromatic heterocycles. The topological polar surface area (TPSA) is 102 Å². The normalized spacial score (nSPS) is 13.3. The van der Waals surface area contributed by atoms with E-state index in [9.17, 15) is 20.0 Å². The number of hydrogen-bond donors (Lipinski definition) is 2. The molecule has 21 heavy (non-hydrogen) atoms. The van der Waals surface area contributed by atoms with Crippen molar-refractivity contribution in [2.75, 3.05) is 13.7 Å². The Balaban J connectivity index is 2.93. The minimum Gasteiger partial charge on any atom is -0.490 e. The van der Waals surface area contributed by atoms with Gasteiger partial charge in [-0.1, -0.05) is 19.4 Å². The van der Waals surface area contributed by atoms with Gasteiger partial charge < -0.3 is 15.2 Å². The summed E-state index contributed by atoms with van der Waals surface area (Å²) in [6.07, 6.45) is 1.32. The van der Waals surface area contributed by atoms with Crippen molar-refractivity contribution in [2.45, 2.75) is 32.3 Å². The van der Waals surface area contributed by atoms with Crippen LogP contribution in [0.4, 0.5) is 5.69 Å². The Morgan fingerprint density at radius 1 is 1.52 bits per heavy atom. The van der Waals surface area contributed by atoms with Crippen molar-refractivity contribution in [3.8, 4) is 5.75 Å². The van der Waals surface area contributed by atoms with E-state index in [-0.39, 0.29) is 23.5 Å². The van der Waals surface area contributed by atoms with E-state index in [0.717, 1.165) is 6.42 Å². The molecule has 7 nitrogen and oxygen atoms in total. The average Bonchev–Trinajstić information content (AvgIpc) is 2.43. The minimum atomic E-state index is -1.02. The van der Waals surface area contributed by atoms with Gasteiger partial charge in [-0.15, -0.1) is 0 Å². The molecule has 0 saturated carbocycles. The fourth-order valence-corrected chi connectivity index (χ4v) is 2.05. The molecule has 0 aliphatic carbocycles. The number of rotatable bonds is 7. The monoisotopic (exact) mass is 296 g/mol. The third kappa shape index (κ3) is 4.42. The summed E-state index contributed by atoms with van der Waals surface area (Å²) >= 11 is 0. The van der Waals surface area contributed by atoms with Crippen LogP contribution in [0.15, 0.2) is 18.2 Å². The molecule has 1 aromatic carbocycles. The molecule has 1 unspecified atom stereocenters. The highest BCUT2D eigenvalue weighted by Gasteiger charge is 2.25. The number of ether oxygens (including phenoxy) is 1. The number of nitrogens with zero attached hydrogens (tertiary/aromatic N) is 1. The van der Waals surface area contributed by atoms with Crippen LogP contribution in [0.1, 0.15) is 37.0 Å². The number of carbonyl (C=O) groups is 1. The number of aliphatic hydroxyl groups is 1. The first-order chi connectivity index (χ1) is 9.82. The van der Waals surface area contributed by atoms with Crippen molar-refractivity contribution in [3.63, 3.8) is 0 Å². The maximum atomic E-state index is 12.1. The Kier molecular flexibility index (Phi) is 5.66. The summed E-state index contributed by atoms with van der Waals surface area (Å²) in [5.41, 5.74) is -1.22. The van der Waals surface area contributed by atoms with E-state index < -0.39 is 16.4 Å². The van der Waals surface area contributed by atoms with E-state index in [1.807, 2.05) is 6.92 Å². The highest BCUT2D eigenvalue weighted by Crippen LogP contribution is 2.30. The summed E-state index contributed by atoms with van der Waals surface area (Å²) < 4.78 is 4.97. The van der Waals surface area contributed by atoms with Crippen LogP contribution in [-0.4, -0.2) is 35.2 Å². The minimum absolute atomic E-state index is 0.0610. The quantitative estimate of drug-likeness (QED) is 0.591. The smallest absolute Gasteiger partial charge is 0.311 e. The highest BCUT2D eigenvalue weighted by molar-refractivity contribution is 5.98. The van der Waals surface area contributed by atoms with Gasteiger partial charge in [0.1, 0.15) is 0 Å². The van der Waals surface area contributed by atoms with Gasteiger partial charge in [0.2, 0.25) is 5.75 Å². The zero-order valence-electron chi connectivity index (χ0n) is 12.4. The average molecular weight is 296 g/mol. The van der Waals surface area contributed by atoms with Crippen molar-refractivity contribution in [1.29, 1.82) is 0 Å². The fourth-order valence-electron chi connectivity index (χ4n) is 2.05. The van der Waals surface area contributed by atoms with Gasteiger partial charge >= 0.3 is 5.69 Å². The molecular weight excluding hydrogens is 276 g/mol. The van der Waals surface area contributed by atoms with Gasteiger partial charge in [-0.25, -0.2) is 0 Å². The summed E-state index contributed by atoms with van der Waals surface area (Å²) in [4.78, 5) is 22.4. The molecule has 0 saturated heterocycles. The molecule has 0 heterocycles. The number of para-hydroxylation sites is 1. The molecule has 0 bridgehead atoms. The summed E-state index contributed by atoms with van der Waals surface area (Å²) in [6.45, 7) is 3.62. The standard InChI is InChI=1S/C14H20N2O5/c1-4-8-14(2,18)9-15-13(17)10-6-5-7-11(16(19)20)12(10)21-3/h5-7,18H,4,8-9H2,1-3H3,(H,15,17). The van der Waals surface area contributed by atoms with E-state index in [0.29, 0.717) is 6.42 Å². The van der Waals surface area contributed by atoms with Gasteiger partial charge in [0.05, 0.1) is 23.2 Å². The maximum Gasteiger partial charge on any atom is 0.311 e. The van der Waals surface area contributed by atoms with E-state index in [1.165, 1.54) is 25.3 Å². The van der Waals surface area contributed by atoms with Crippen LogP contribution in [0.3, 0.4) is 0 Å². The molecule has 1 rings (SSSR count). The summed E-state index contributed by atoms with van der Waals surface area (Å²) in [6, 6.07) is 4.12. The van der Waals surface area contributed by atoms with Crippen molar-refractivity contribution in [3.05, 3.63) is 33.9 Å². The van der Waals surface area contributed by atoms with Gasteiger partial charge in [-0.2, -0.15) is 0 Å². The Bertz CT molecular complexity index is 528. The number of carbonyl (C=O) groups excluding carboxylic acids is 1. The number of nitrogens with one attached hydrogen (secondary N) is 1. The third-order valence-corrected chi connectivity index (χ3v) is 3.06. The van der Waals surface area contributed by atoms with Crippen LogP contribution in [0.2, 0.25) is 0 Å². The number of methoxy groups -OCH3 is 1. The number of nitro benzene ring substituents is 1. The second-order valence-corrected chi connectivity index (χ2v) is 5.04. The van der Waals surface area contributed by atoms with Crippen LogP contribution in [-0.2, 0) is 0 Å². The lowest BCUT2D eigenvalue weighted by atomic mass is 10.0. The molecule has 116 valence electrons. The van der Waals surface area contributed by atoms with Crippen LogP contribution >= 0.6 is 0 Å². The lowest BCUT2D eigenvalue weighted by Gasteiger charge is -2.23. The molecule has 7 heteroatoms. The summed E-state index contributed by atoms with van der Waals surface area (Å²) in [5, 5.41) is 23.5. The predicted octanol–water partition coefficient (Wildman–Crippen LogP) is 1.88. The van der Waals surface area contributed by atoms with Crippen molar-refractivity contribution in [2.24, 2.45) is 0 Å². The highest BCUT2D eigenvalue weighted by atomic mass is 16.6.